The Hall–Kier alpha value is -0.0800. The molecule has 1 aliphatic carbocycles. The average Bonchev–Trinajstić information content (AvgIpc) is 2.83. The molecule has 2 atom stereocenters. The van der Waals surface area contributed by atoms with Crippen LogP contribution in [0.3, 0.4) is 0 Å². The number of ether oxygens (including phenoxy) is 1. The predicted molar refractivity (Wildman–Crippen MR) is 63.0 cm³/mol. The average molecular weight is 211 g/mol. The summed E-state index contributed by atoms with van der Waals surface area (Å²) in [4.78, 5) is 0. The van der Waals surface area contributed by atoms with Crippen LogP contribution in [0.15, 0.2) is 0 Å². The fraction of sp³-hybridized carbons (Fsp3) is 1.00. The first-order chi connectivity index (χ1) is 7.27. The fourth-order valence-electron chi connectivity index (χ4n) is 2.81. The molecule has 2 unspecified atom stereocenters. The molecule has 0 spiro atoms. The Balaban J connectivity index is 1.78. The van der Waals surface area contributed by atoms with Crippen molar-refractivity contribution in [1.82, 2.24) is 5.32 Å². The van der Waals surface area contributed by atoms with E-state index in [-0.39, 0.29) is 0 Å². The van der Waals surface area contributed by atoms with Crippen molar-refractivity contribution in [3.05, 3.63) is 0 Å². The maximum Gasteiger partial charge on any atom is 0.0581 e. The van der Waals surface area contributed by atoms with Gasteiger partial charge in [-0.3, -0.25) is 0 Å². The molecule has 2 nitrogen and oxygen atoms in total. The van der Waals surface area contributed by atoms with Gasteiger partial charge in [0.15, 0.2) is 0 Å². The van der Waals surface area contributed by atoms with Crippen LogP contribution in [0.2, 0.25) is 0 Å². The third kappa shape index (κ3) is 2.73. The molecular formula is C13H25NO. The molecule has 0 aromatic carbocycles. The fourth-order valence-corrected chi connectivity index (χ4v) is 2.81. The predicted octanol–water partition coefficient (Wildman–Crippen LogP) is 2.72. The van der Waals surface area contributed by atoms with E-state index in [4.69, 9.17) is 4.74 Å². The summed E-state index contributed by atoms with van der Waals surface area (Å²) in [5.74, 6) is 0. The van der Waals surface area contributed by atoms with Crippen LogP contribution in [-0.2, 0) is 4.74 Å². The summed E-state index contributed by atoms with van der Waals surface area (Å²) >= 11 is 0. The molecule has 0 radical (unpaired) electrons. The van der Waals surface area contributed by atoms with E-state index in [9.17, 15) is 0 Å². The SMILES string of the molecule is CCCNC(C)C1(CC2CCCO2)CC1. The third-order valence-electron chi connectivity index (χ3n) is 4.17. The van der Waals surface area contributed by atoms with Gasteiger partial charge in [-0.05, 0) is 57.4 Å². The summed E-state index contributed by atoms with van der Waals surface area (Å²) in [5, 5.41) is 3.65. The Labute approximate surface area is 93.8 Å². The van der Waals surface area contributed by atoms with Crippen molar-refractivity contribution in [3.63, 3.8) is 0 Å². The van der Waals surface area contributed by atoms with Crippen molar-refractivity contribution >= 4 is 0 Å². The van der Waals surface area contributed by atoms with Gasteiger partial charge in [0.2, 0.25) is 0 Å². The molecule has 0 bridgehead atoms. The summed E-state index contributed by atoms with van der Waals surface area (Å²) in [6.07, 6.45) is 8.49. The number of hydrogen-bond donors (Lipinski definition) is 1. The van der Waals surface area contributed by atoms with Gasteiger partial charge in [0, 0.05) is 12.6 Å². The maximum atomic E-state index is 5.76. The minimum absolute atomic E-state index is 0.568. The van der Waals surface area contributed by atoms with E-state index >= 15 is 0 Å². The molecule has 0 aromatic heterocycles. The van der Waals surface area contributed by atoms with Gasteiger partial charge in [0.05, 0.1) is 6.10 Å². The van der Waals surface area contributed by atoms with Crippen LogP contribution in [0.1, 0.15) is 52.4 Å². The van der Waals surface area contributed by atoms with Crippen molar-refractivity contribution < 1.29 is 4.74 Å². The van der Waals surface area contributed by atoms with Crippen LogP contribution in [-0.4, -0.2) is 25.3 Å². The lowest BCUT2D eigenvalue weighted by Gasteiger charge is -2.27. The molecule has 88 valence electrons. The molecule has 2 rings (SSSR count). The Morgan fingerprint density at radius 1 is 1.47 bits per heavy atom. The quantitative estimate of drug-likeness (QED) is 0.729. The van der Waals surface area contributed by atoms with Crippen molar-refractivity contribution in [3.8, 4) is 0 Å². The molecule has 0 aromatic rings. The second-order valence-electron chi connectivity index (χ2n) is 5.38. The summed E-state index contributed by atoms with van der Waals surface area (Å²) in [6.45, 7) is 6.75. The van der Waals surface area contributed by atoms with Crippen molar-refractivity contribution in [2.75, 3.05) is 13.2 Å². The van der Waals surface area contributed by atoms with Gasteiger partial charge in [0.25, 0.3) is 0 Å². The van der Waals surface area contributed by atoms with Gasteiger partial charge in [-0.15, -0.1) is 0 Å². The highest BCUT2D eigenvalue weighted by atomic mass is 16.5. The van der Waals surface area contributed by atoms with Gasteiger partial charge in [-0.1, -0.05) is 6.92 Å². The molecule has 2 aliphatic rings. The van der Waals surface area contributed by atoms with Crippen LogP contribution >= 0.6 is 0 Å². The topological polar surface area (TPSA) is 21.3 Å². The van der Waals surface area contributed by atoms with E-state index in [1.807, 2.05) is 0 Å². The molecule has 1 N–H and O–H groups in total. The largest absolute Gasteiger partial charge is 0.378 e. The molecule has 15 heavy (non-hydrogen) atoms. The molecule has 1 aliphatic heterocycles. The molecule has 1 saturated heterocycles. The second kappa shape index (κ2) is 4.84. The second-order valence-corrected chi connectivity index (χ2v) is 5.38. The van der Waals surface area contributed by atoms with Gasteiger partial charge < -0.3 is 10.1 Å². The monoisotopic (exact) mass is 211 g/mol. The zero-order valence-electron chi connectivity index (χ0n) is 10.2. The highest BCUT2D eigenvalue weighted by Crippen LogP contribution is 2.53. The number of hydrogen-bond acceptors (Lipinski definition) is 2. The highest BCUT2D eigenvalue weighted by molar-refractivity contribution is 5.02. The van der Waals surface area contributed by atoms with Crippen LogP contribution in [0.5, 0.6) is 0 Å². The van der Waals surface area contributed by atoms with Crippen LogP contribution < -0.4 is 5.32 Å². The highest BCUT2D eigenvalue weighted by Gasteiger charge is 2.48. The molecule has 1 heterocycles. The molecule has 0 amide bonds. The van der Waals surface area contributed by atoms with Gasteiger partial charge in [-0.25, -0.2) is 0 Å². The smallest absolute Gasteiger partial charge is 0.0581 e. The van der Waals surface area contributed by atoms with E-state index in [0.29, 0.717) is 17.6 Å². The van der Waals surface area contributed by atoms with Crippen molar-refractivity contribution in [2.45, 2.75) is 64.5 Å². The molecule has 2 fully saturated rings. The Bertz CT molecular complexity index is 195. The number of nitrogens with one attached hydrogen (secondary N) is 1. The third-order valence-corrected chi connectivity index (χ3v) is 4.17. The first kappa shape index (κ1) is 11.4. The van der Waals surface area contributed by atoms with Crippen molar-refractivity contribution in [2.24, 2.45) is 5.41 Å². The summed E-state index contributed by atoms with van der Waals surface area (Å²) < 4.78 is 5.76. The van der Waals surface area contributed by atoms with E-state index < -0.39 is 0 Å². The Morgan fingerprint density at radius 3 is 2.80 bits per heavy atom. The minimum Gasteiger partial charge on any atom is -0.378 e. The van der Waals surface area contributed by atoms with Crippen molar-refractivity contribution in [1.29, 1.82) is 0 Å². The summed E-state index contributed by atoms with van der Waals surface area (Å²) in [7, 11) is 0. The molecular weight excluding hydrogens is 186 g/mol. The standard InChI is InChI=1S/C13H25NO/c1-3-8-14-11(2)13(6-7-13)10-12-5-4-9-15-12/h11-12,14H,3-10H2,1-2H3. The zero-order chi connectivity index (χ0) is 10.7. The van der Waals surface area contributed by atoms with Gasteiger partial charge in [-0.2, -0.15) is 0 Å². The van der Waals surface area contributed by atoms with Crippen LogP contribution in [0.4, 0.5) is 0 Å². The van der Waals surface area contributed by atoms with E-state index in [2.05, 4.69) is 19.2 Å². The minimum atomic E-state index is 0.568. The Kier molecular flexibility index (Phi) is 3.68. The van der Waals surface area contributed by atoms with Gasteiger partial charge in [0.1, 0.15) is 0 Å². The lowest BCUT2D eigenvalue weighted by atomic mass is 9.90. The maximum absolute atomic E-state index is 5.76. The normalized spacial score (nSPS) is 30.4. The van der Waals surface area contributed by atoms with Crippen LogP contribution in [0, 0.1) is 5.41 Å². The van der Waals surface area contributed by atoms with E-state index in [1.165, 1.54) is 38.5 Å². The first-order valence-electron chi connectivity index (χ1n) is 6.62. The summed E-state index contributed by atoms with van der Waals surface area (Å²) in [5.41, 5.74) is 0.587. The van der Waals surface area contributed by atoms with E-state index in [1.54, 1.807) is 0 Å². The molecule has 2 heteroatoms. The van der Waals surface area contributed by atoms with Crippen LogP contribution in [0.25, 0.3) is 0 Å². The van der Waals surface area contributed by atoms with Gasteiger partial charge >= 0.3 is 0 Å². The number of rotatable bonds is 6. The zero-order valence-corrected chi connectivity index (χ0v) is 10.2. The molecule has 1 saturated carbocycles. The first-order valence-corrected chi connectivity index (χ1v) is 6.62. The lowest BCUT2D eigenvalue weighted by molar-refractivity contribution is 0.0786. The van der Waals surface area contributed by atoms with E-state index in [0.717, 1.165) is 13.2 Å². The summed E-state index contributed by atoms with van der Waals surface area (Å²) in [6, 6.07) is 0.682. The Morgan fingerprint density at radius 2 is 2.27 bits per heavy atom. The lowest BCUT2D eigenvalue weighted by Crippen LogP contribution is -2.37.